The first-order chi connectivity index (χ1) is 10.6. The topological polar surface area (TPSA) is 75.6 Å². The Balaban J connectivity index is 1.78. The maximum atomic E-state index is 12.6. The second kappa shape index (κ2) is 5.83. The summed E-state index contributed by atoms with van der Waals surface area (Å²) in [6.45, 7) is 0. The van der Waals surface area contributed by atoms with Crippen LogP contribution in [0.4, 0.5) is 5.69 Å². The van der Waals surface area contributed by atoms with Crippen molar-refractivity contribution in [2.45, 2.75) is 12.8 Å². The number of benzene rings is 1. The summed E-state index contributed by atoms with van der Waals surface area (Å²) in [7, 11) is 1.58. The number of allylic oxidation sites excluding steroid dienone is 2. The van der Waals surface area contributed by atoms with Gasteiger partial charge in [0.2, 0.25) is 5.91 Å². The summed E-state index contributed by atoms with van der Waals surface area (Å²) < 4.78 is 5.08. The van der Waals surface area contributed by atoms with Gasteiger partial charge < -0.3 is 15.2 Å². The minimum Gasteiger partial charge on any atom is -0.497 e. The molecule has 1 aromatic rings. The number of hydrogen-bond acceptors (Lipinski definition) is 3. The first-order valence-corrected chi connectivity index (χ1v) is 7.46. The van der Waals surface area contributed by atoms with Crippen molar-refractivity contribution in [2.75, 3.05) is 12.4 Å². The van der Waals surface area contributed by atoms with E-state index in [1.165, 1.54) is 0 Å². The molecule has 3 aliphatic carbocycles. The van der Waals surface area contributed by atoms with E-state index in [0.29, 0.717) is 11.4 Å². The lowest BCUT2D eigenvalue weighted by Gasteiger charge is -2.41. The van der Waals surface area contributed by atoms with Crippen LogP contribution in [-0.4, -0.2) is 24.1 Å². The summed E-state index contributed by atoms with van der Waals surface area (Å²) in [5.74, 6) is -1.52. The van der Waals surface area contributed by atoms with Crippen molar-refractivity contribution in [3.8, 4) is 5.75 Å². The molecule has 1 saturated carbocycles. The van der Waals surface area contributed by atoms with E-state index < -0.39 is 17.8 Å². The molecule has 0 aromatic heterocycles. The third-order valence-electron chi connectivity index (χ3n) is 4.69. The summed E-state index contributed by atoms with van der Waals surface area (Å²) in [6.07, 6.45) is 5.70. The molecule has 4 atom stereocenters. The van der Waals surface area contributed by atoms with Crippen LogP contribution in [0.15, 0.2) is 36.4 Å². The number of nitrogens with one attached hydrogen (secondary N) is 1. The number of carboxylic acid groups (broad SMARTS) is 1. The molecule has 22 heavy (non-hydrogen) atoms. The lowest BCUT2D eigenvalue weighted by Crippen LogP contribution is -2.47. The average Bonchev–Trinajstić information content (AvgIpc) is 2.55. The van der Waals surface area contributed by atoms with Crippen molar-refractivity contribution in [3.05, 3.63) is 36.4 Å². The van der Waals surface area contributed by atoms with Gasteiger partial charge in [0.25, 0.3) is 0 Å². The third kappa shape index (κ3) is 2.58. The van der Waals surface area contributed by atoms with E-state index >= 15 is 0 Å². The molecule has 4 rings (SSSR count). The Labute approximate surface area is 129 Å². The highest BCUT2D eigenvalue weighted by Gasteiger charge is 2.48. The van der Waals surface area contributed by atoms with Crippen LogP contribution in [0.2, 0.25) is 0 Å². The number of methoxy groups -OCH3 is 1. The quantitative estimate of drug-likeness (QED) is 0.838. The lowest BCUT2D eigenvalue weighted by atomic mass is 9.62. The number of aliphatic carboxylic acids is 1. The monoisotopic (exact) mass is 301 g/mol. The smallest absolute Gasteiger partial charge is 0.307 e. The van der Waals surface area contributed by atoms with Crippen LogP contribution < -0.4 is 10.1 Å². The van der Waals surface area contributed by atoms with Gasteiger partial charge in [-0.3, -0.25) is 9.59 Å². The first-order valence-electron chi connectivity index (χ1n) is 7.46. The molecule has 0 saturated heterocycles. The van der Waals surface area contributed by atoms with Gasteiger partial charge in [-0.15, -0.1) is 0 Å². The van der Waals surface area contributed by atoms with Gasteiger partial charge in [-0.1, -0.05) is 12.2 Å². The fourth-order valence-corrected chi connectivity index (χ4v) is 3.59. The standard InChI is InChI=1S/C17H19NO4/c1-22-13-8-6-12(7-9-13)18-16(19)14-10-2-4-11(5-3-10)15(14)17(20)21/h2,4,6-11,14-15H,3,5H2,1H3,(H,18,19)(H,20,21)/t10-,11-,14-,15-/m0/s1. The van der Waals surface area contributed by atoms with Gasteiger partial charge in [0.1, 0.15) is 5.75 Å². The Bertz CT molecular complexity index is 608. The molecule has 0 heterocycles. The molecule has 2 bridgehead atoms. The summed E-state index contributed by atoms with van der Waals surface area (Å²) in [5.41, 5.74) is 0.653. The highest BCUT2D eigenvalue weighted by atomic mass is 16.5. The summed E-state index contributed by atoms with van der Waals surface area (Å²) in [4.78, 5) is 24.2. The predicted molar refractivity (Wildman–Crippen MR) is 81.6 cm³/mol. The second-order valence-electron chi connectivity index (χ2n) is 5.90. The summed E-state index contributed by atoms with van der Waals surface area (Å²) in [6, 6.07) is 7.03. The zero-order valence-electron chi connectivity index (χ0n) is 12.4. The van der Waals surface area contributed by atoms with Crippen molar-refractivity contribution in [1.82, 2.24) is 0 Å². The molecule has 116 valence electrons. The molecular weight excluding hydrogens is 282 g/mol. The molecule has 1 amide bonds. The molecule has 1 aromatic carbocycles. The Hall–Kier alpha value is -2.30. The van der Waals surface area contributed by atoms with E-state index in [-0.39, 0.29) is 17.7 Å². The molecular formula is C17H19NO4. The van der Waals surface area contributed by atoms with Gasteiger partial charge in [-0.2, -0.15) is 0 Å². The number of hydrogen-bond donors (Lipinski definition) is 2. The van der Waals surface area contributed by atoms with Crippen molar-refractivity contribution >= 4 is 17.6 Å². The number of ether oxygens (including phenoxy) is 1. The van der Waals surface area contributed by atoms with Crippen LogP contribution in [0.1, 0.15) is 12.8 Å². The summed E-state index contributed by atoms with van der Waals surface area (Å²) >= 11 is 0. The zero-order valence-corrected chi connectivity index (χ0v) is 12.4. The second-order valence-corrected chi connectivity index (χ2v) is 5.90. The molecule has 0 spiro atoms. The maximum Gasteiger partial charge on any atom is 0.307 e. The predicted octanol–water partition coefficient (Wildman–Crippen LogP) is 2.55. The van der Waals surface area contributed by atoms with Crippen molar-refractivity contribution in [3.63, 3.8) is 0 Å². The van der Waals surface area contributed by atoms with Gasteiger partial charge in [0.05, 0.1) is 18.9 Å². The molecule has 5 heteroatoms. The van der Waals surface area contributed by atoms with Crippen LogP contribution in [0, 0.1) is 23.7 Å². The minimum atomic E-state index is -0.881. The van der Waals surface area contributed by atoms with Crippen molar-refractivity contribution < 1.29 is 19.4 Å². The Morgan fingerprint density at radius 2 is 1.68 bits per heavy atom. The van der Waals surface area contributed by atoms with Gasteiger partial charge in [0.15, 0.2) is 0 Å². The molecule has 5 nitrogen and oxygen atoms in total. The third-order valence-corrected chi connectivity index (χ3v) is 4.69. The van der Waals surface area contributed by atoms with E-state index in [4.69, 9.17) is 4.74 Å². The van der Waals surface area contributed by atoms with E-state index in [9.17, 15) is 14.7 Å². The zero-order chi connectivity index (χ0) is 15.7. The fraction of sp³-hybridized carbons (Fsp3) is 0.412. The van der Waals surface area contributed by atoms with Crippen LogP contribution in [0.5, 0.6) is 5.75 Å². The van der Waals surface area contributed by atoms with Gasteiger partial charge >= 0.3 is 5.97 Å². The highest BCUT2D eigenvalue weighted by Crippen LogP contribution is 2.45. The number of fused-ring (bicyclic) bond motifs is 2. The van der Waals surface area contributed by atoms with E-state index in [0.717, 1.165) is 12.8 Å². The molecule has 3 aliphatic rings. The SMILES string of the molecule is COc1ccc(NC(=O)[C@@H]2[C@@H](C(=O)O)[C@H]3C=C[C@H]2CC3)cc1. The highest BCUT2D eigenvalue weighted by molar-refractivity contribution is 5.96. The molecule has 0 aliphatic heterocycles. The van der Waals surface area contributed by atoms with Crippen LogP contribution in [-0.2, 0) is 9.59 Å². The maximum absolute atomic E-state index is 12.6. The number of carbonyl (C=O) groups excluding carboxylic acids is 1. The van der Waals surface area contributed by atoms with Gasteiger partial charge in [-0.05, 0) is 48.9 Å². The number of anilines is 1. The fourth-order valence-electron chi connectivity index (χ4n) is 3.59. The summed E-state index contributed by atoms with van der Waals surface area (Å²) in [5, 5.41) is 12.3. The van der Waals surface area contributed by atoms with Gasteiger partial charge in [-0.25, -0.2) is 0 Å². The normalized spacial score (nSPS) is 29.1. The van der Waals surface area contributed by atoms with E-state index in [1.807, 2.05) is 12.2 Å². The Kier molecular flexibility index (Phi) is 3.88. The lowest BCUT2D eigenvalue weighted by molar-refractivity contribution is -0.151. The van der Waals surface area contributed by atoms with Crippen LogP contribution >= 0.6 is 0 Å². The number of amides is 1. The Morgan fingerprint density at radius 3 is 2.18 bits per heavy atom. The van der Waals surface area contributed by atoms with E-state index in [1.54, 1.807) is 31.4 Å². The molecule has 0 unspecified atom stereocenters. The average molecular weight is 301 g/mol. The number of rotatable bonds is 4. The van der Waals surface area contributed by atoms with Gasteiger partial charge in [0, 0.05) is 5.69 Å². The number of carboxylic acids is 1. The first kappa shape index (κ1) is 14.6. The van der Waals surface area contributed by atoms with E-state index in [2.05, 4.69) is 5.32 Å². The minimum absolute atomic E-state index is 0.0179. The molecule has 2 N–H and O–H groups in total. The molecule has 0 radical (unpaired) electrons. The largest absolute Gasteiger partial charge is 0.497 e. The Morgan fingerprint density at radius 1 is 1.09 bits per heavy atom. The van der Waals surface area contributed by atoms with Crippen LogP contribution in [0.3, 0.4) is 0 Å². The van der Waals surface area contributed by atoms with Crippen LogP contribution in [0.25, 0.3) is 0 Å². The van der Waals surface area contributed by atoms with Crippen molar-refractivity contribution in [2.24, 2.45) is 23.7 Å². The van der Waals surface area contributed by atoms with Crippen molar-refractivity contribution in [1.29, 1.82) is 0 Å². The number of carbonyl (C=O) groups is 2. The molecule has 1 fully saturated rings.